The van der Waals surface area contributed by atoms with Gasteiger partial charge in [0.25, 0.3) is 10.1 Å². The molecule has 0 aliphatic heterocycles. The molecule has 0 aromatic rings. The average Bonchev–Trinajstić information content (AvgIpc) is 2.55. The van der Waals surface area contributed by atoms with Crippen LogP contribution in [-0.4, -0.2) is 29.4 Å². The Morgan fingerprint density at radius 1 is 0.680 bits per heavy atom. The fraction of sp³-hybridized carbons (Fsp3) is 1.00. The molecule has 2 unspecified atom stereocenters. The molecule has 0 bridgehead atoms. The second-order valence-electron chi connectivity index (χ2n) is 7.45. The van der Waals surface area contributed by atoms with Gasteiger partial charge in [-0.15, -0.1) is 0 Å². The minimum atomic E-state index is -3.91. The number of hydrogen-bond donors (Lipinski definition) is 2. The van der Waals surface area contributed by atoms with Crippen LogP contribution in [0.25, 0.3) is 0 Å². The third-order valence-electron chi connectivity index (χ3n) is 5.08. The molecule has 0 aromatic heterocycles. The Hall–Kier alpha value is -0.130. The third kappa shape index (κ3) is 15.8. The van der Waals surface area contributed by atoms with Crippen LogP contribution in [0, 0.1) is 0 Å². The minimum absolute atomic E-state index is 0.264. The van der Waals surface area contributed by atoms with Crippen LogP contribution in [0.15, 0.2) is 0 Å². The summed E-state index contributed by atoms with van der Waals surface area (Å²) < 4.78 is 31.3. The van der Waals surface area contributed by atoms with Gasteiger partial charge >= 0.3 is 0 Å². The van der Waals surface area contributed by atoms with Gasteiger partial charge in [0, 0.05) is 0 Å². The second-order valence-corrected chi connectivity index (χ2v) is 9.15. The van der Waals surface area contributed by atoms with E-state index in [1.165, 1.54) is 57.8 Å². The predicted octanol–water partition coefficient (Wildman–Crippen LogP) is 5.89. The highest BCUT2D eigenvalue weighted by Crippen LogP contribution is 2.17. The summed E-state index contributed by atoms with van der Waals surface area (Å²) in [6.45, 7) is 4.02. The number of aliphatic hydroxyl groups is 1. The molecule has 25 heavy (non-hydrogen) atoms. The Balaban J connectivity index is 3.43. The van der Waals surface area contributed by atoms with E-state index in [-0.39, 0.29) is 6.10 Å². The zero-order valence-electron chi connectivity index (χ0n) is 16.6. The standard InChI is InChI=1S/C20H42O4S/c1-3-5-6-7-8-9-10-11-12-13-16-19(21)17-14-15-18-20(4-2)25(22,23)24/h19-21H,3-18H2,1-2H3,(H,22,23,24). The van der Waals surface area contributed by atoms with Crippen LogP contribution in [0.4, 0.5) is 0 Å². The largest absolute Gasteiger partial charge is 0.393 e. The van der Waals surface area contributed by atoms with E-state index in [2.05, 4.69) is 6.92 Å². The lowest BCUT2D eigenvalue weighted by atomic mass is 10.0. The zero-order valence-corrected chi connectivity index (χ0v) is 17.4. The molecule has 0 saturated carbocycles. The Morgan fingerprint density at radius 2 is 1.08 bits per heavy atom. The van der Waals surface area contributed by atoms with Crippen molar-refractivity contribution in [2.45, 2.75) is 128 Å². The second kappa shape index (κ2) is 16.1. The fourth-order valence-electron chi connectivity index (χ4n) is 3.33. The van der Waals surface area contributed by atoms with Crippen molar-refractivity contribution in [1.29, 1.82) is 0 Å². The van der Waals surface area contributed by atoms with Gasteiger partial charge in [-0.25, -0.2) is 0 Å². The zero-order chi connectivity index (χ0) is 19.0. The summed E-state index contributed by atoms with van der Waals surface area (Å²) in [6.07, 6.45) is 16.8. The maximum Gasteiger partial charge on any atom is 0.267 e. The lowest BCUT2D eigenvalue weighted by Gasteiger charge is -2.13. The number of unbranched alkanes of at least 4 members (excludes halogenated alkanes) is 10. The van der Waals surface area contributed by atoms with Gasteiger partial charge in [-0.05, 0) is 25.7 Å². The summed E-state index contributed by atoms with van der Waals surface area (Å²) in [7, 11) is -3.91. The summed E-state index contributed by atoms with van der Waals surface area (Å²) >= 11 is 0. The summed E-state index contributed by atoms with van der Waals surface area (Å²) in [6, 6.07) is 0. The molecule has 0 aliphatic carbocycles. The highest BCUT2D eigenvalue weighted by atomic mass is 32.2. The molecule has 152 valence electrons. The van der Waals surface area contributed by atoms with Crippen molar-refractivity contribution in [2.24, 2.45) is 0 Å². The first-order valence-corrected chi connectivity index (χ1v) is 12.1. The fourth-order valence-corrected chi connectivity index (χ4v) is 4.21. The predicted molar refractivity (Wildman–Crippen MR) is 107 cm³/mol. The van der Waals surface area contributed by atoms with Gasteiger partial charge in [-0.2, -0.15) is 8.42 Å². The van der Waals surface area contributed by atoms with Crippen molar-refractivity contribution in [3.8, 4) is 0 Å². The molecular formula is C20H42O4S. The molecule has 2 N–H and O–H groups in total. The summed E-state index contributed by atoms with van der Waals surface area (Å²) in [4.78, 5) is 0. The number of hydrogen-bond acceptors (Lipinski definition) is 3. The maximum absolute atomic E-state index is 11.1. The van der Waals surface area contributed by atoms with Crippen LogP contribution in [0.2, 0.25) is 0 Å². The first-order valence-electron chi connectivity index (χ1n) is 10.6. The normalized spacial score (nSPS) is 14.6. The lowest BCUT2D eigenvalue weighted by Crippen LogP contribution is -2.19. The van der Waals surface area contributed by atoms with Gasteiger partial charge < -0.3 is 5.11 Å². The molecule has 0 aliphatic rings. The molecule has 0 saturated heterocycles. The van der Waals surface area contributed by atoms with Crippen molar-refractivity contribution in [3.05, 3.63) is 0 Å². The van der Waals surface area contributed by atoms with Crippen LogP contribution >= 0.6 is 0 Å². The molecule has 4 nitrogen and oxygen atoms in total. The Morgan fingerprint density at radius 3 is 1.52 bits per heavy atom. The molecule has 5 heteroatoms. The molecule has 0 amide bonds. The SMILES string of the molecule is CCCCCCCCCCCCC(O)CCCCC(CC)S(=O)(=O)O. The van der Waals surface area contributed by atoms with E-state index >= 15 is 0 Å². The van der Waals surface area contributed by atoms with Gasteiger partial charge in [0.2, 0.25) is 0 Å². The van der Waals surface area contributed by atoms with E-state index in [1.807, 2.05) is 0 Å². The van der Waals surface area contributed by atoms with Crippen molar-refractivity contribution in [1.82, 2.24) is 0 Å². The van der Waals surface area contributed by atoms with Crippen LogP contribution < -0.4 is 0 Å². The van der Waals surface area contributed by atoms with Gasteiger partial charge in [0.05, 0.1) is 11.4 Å². The van der Waals surface area contributed by atoms with Gasteiger partial charge in [-0.3, -0.25) is 4.55 Å². The topological polar surface area (TPSA) is 74.6 Å². The average molecular weight is 379 g/mol. The van der Waals surface area contributed by atoms with Crippen LogP contribution in [0.3, 0.4) is 0 Å². The Labute approximate surface area is 156 Å². The molecular weight excluding hydrogens is 336 g/mol. The van der Waals surface area contributed by atoms with Crippen molar-refractivity contribution in [3.63, 3.8) is 0 Å². The number of aliphatic hydroxyl groups excluding tert-OH is 1. The summed E-state index contributed by atoms with van der Waals surface area (Å²) in [5.41, 5.74) is 0. The van der Waals surface area contributed by atoms with E-state index in [1.54, 1.807) is 6.92 Å². The third-order valence-corrected chi connectivity index (χ3v) is 6.49. The van der Waals surface area contributed by atoms with Gasteiger partial charge in [-0.1, -0.05) is 90.9 Å². The maximum atomic E-state index is 11.1. The molecule has 0 radical (unpaired) electrons. The van der Waals surface area contributed by atoms with Crippen molar-refractivity contribution >= 4 is 10.1 Å². The summed E-state index contributed by atoms with van der Waals surface area (Å²) in [5.74, 6) is 0. The van der Waals surface area contributed by atoms with E-state index in [0.29, 0.717) is 12.8 Å². The Bertz CT molecular complexity index is 381. The van der Waals surface area contributed by atoms with Crippen LogP contribution in [0.1, 0.15) is 117 Å². The summed E-state index contributed by atoms with van der Waals surface area (Å²) in [5, 5.41) is 9.34. The molecule has 0 spiro atoms. The van der Waals surface area contributed by atoms with Crippen molar-refractivity contribution < 1.29 is 18.1 Å². The van der Waals surface area contributed by atoms with E-state index in [4.69, 9.17) is 4.55 Å². The smallest absolute Gasteiger partial charge is 0.267 e. The molecule has 0 aromatic carbocycles. The highest BCUT2D eigenvalue weighted by Gasteiger charge is 2.20. The Kier molecular flexibility index (Phi) is 16.0. The van der Waals surface area contributed by atoms with Gasteiger partial charge in [0.1, 0.15) is 0 Å². The van der Waals surface area contributed by atoms with Crippen molar-refractivity contribution in [2.75, 3.05) is 0 Å². The molecule has 0 heterocycles. The van der Waals surface area contributed by atoms with Crippen LogP contribution in [0.5, 0.6) is 0 Å². The van der Waals surface area contributed by atoms with Gasteiger partial charge in [0.15, 0.2) is 0 Å². The highest BCUT2D eigenvalue weighted by molar-refractivity contribution is 7.86. The monoisotopic (exact) mass is 378 g/mol. The van der Waals surface area contributed by atoms with Crippen LogP contribution in [-0.2, 0) is 10.1 Å². The lowest BCUT2D eigenvalue weighted by molar-refractivity contribution is 0.147. The number of rotatable bonds is 18. The van der Waals surface area contributed by atoms with E-state index < -0.39 is 15.4 Å². The first kappa shape index (κ1) is 24.9. The molecule has 0 fully saturated rings. The van der Waals surface area contributed by atoms with E-state index in [9.17, 15) is 13.5 Å². The molecule has 2 atom stereocenters. The quantitative estimate of drug-likeness (QED) is 0.230. The molecule has 0 rings (SSSR count). The van der Waals surface area contributed by atoms with E-state index in [0.717, 1.165) is 32.1 Å². The minimum Gasteiger partial charge on any atom is -0.393 e. The first-order chi connectivity index (χ1) is 11.9.